The van der Waals surface area contributed by atoms with Crippen LogP contribution in [0.25, 0.3) is 5.57 Å². The molecule has 4 nitrogen and oxygen atoms in total. The Morgan fingerprint density at radius 1 is 0.673 bits per heavy atom. The molecule has 2 aliphatic rings. The number of carboxylic acids is 1. The standard InChI is InChI=1S/C18H21N.C12H15NO2.C9H10.C3H8.3C2H6/c1-18(17-10-6-3-7-11-17)12-13-19(15-18)14-16-8-4-2-5-9-16;1-13-8-7-12(9-13,11(14)15)10-5-3-2-4-6-10;1-8(2)9-6-4-3-5-7-9;1-3-2;3*1-2/h2-11H,12-15H2,1H3;2-6H,7-9H2,1H3,(H,14,15);3-7H,1H2,2H3;3H2,1-2H3;3*1-2H3. The number of likely N-dealkylation sites (tertiary alicyclic amines) is 2. The third kappa shape index (κ3) is 16.1. The van der Waals surface area contributed by atoms with Gasteiger partial charge >= 0.3 is 5.97 Å². The molecule has 0 aliphatic carbocycles. The summed E-state index contributed by atoms with van der Waals surface area (Å²) in [6, 6.07) is 41.4. The molecule has 2 heterocycles. The zero-order valence-electron chi connectivity index (χ0n) is 34.7. The second kappa shape index (κ2) is 27.6. The predicted molar refractivity (Wildman–Crippen MR) is 229 cm³/mol. The maximum absolute atomic E-state index is 11.4. The lowest BCUT2D eigenvalue weighted by Crippen LogP contribution is -2.38. The maximum atomic E-state index is 11.4. The molecule has 0 spiro atoms. The van der Waals surface area contributed by atoms with Crippen molar-refractivity contribution < 1.29 is 9.90 Å². The molecule has 4 aromatic carbocycles. The van der Waals surface area contributed by atoms with Crippen LogP contribution in [-0.2, 0) is 22.2 Å². The van der Waals surface area contributed by atoms with Crippen molar-refractivity contribution >= 4 is 11.5 Å². The van der Waals surface area contributed by atoms with Gasteiger partial charge in [-0.15, -0.1) is 0 Å². The van der Waals surface area contributed by atoms with Gasteiger partial charge in [0.25, 0.3) is 0 Å². The van der Waals surface area contributed by atoms with Gasteiger partial charge in [0, 0.05) is 25.0 Å². The number of carbonyl (C=O) groups is 1. The summed E-state index contributed by atoms with van der Waals surface area (Å²) >= 11 is 0. The minimum atomic E-state index is -0.710. The summed E-state index contributed by atoms with van der Waals surface area (Å²) in [7, 11) is 1.97. The summed E-state index contributed by atoms with van der Waals surface area (Å²) in [6.07, 6.45) is 3.20. The van der Waals surface area contributed by atoms with Crippen LogP contribution in [0, 0.1) is 0 Å². The van der Waals surface area contributed by atoms with E-state index in [-0.39, 0.29) is 0 Å². The number of hydrogen-bond acceptors (Lipinski definition) is 3. The van der Waals surface area contributed by atoms with E-state index in [0.717, 1.165) is 30.8 Å². The Morgan fingerprint density at radius 3 is 1.48 bits per heavy atom. The lowest BCUT2D eigenvalue weighted by molar-refractivity contribution is -0.143. The molecule has 0 amide bonds. The summed E-state index contributed by atoms with van der Waals surface area (Å²) in [6.45, 7) is 29.4. The van der Waals surface area contributed by atoms with Crippen molar-refractivity contribution in [3.63, 3.8) is 0 Å². The second-order valence-electron chi connectivity index (χ2n) is 13.0. The Kier molecular flexibility index (Phi) is 25.5. The Hall–Kier alpha value is -3.99. The lowest BCUT2D eigenvalue weighted by atomic mass is 9.80. The highest BCUT2D eigenvalue weighted by Gasteiger charge is 2.45. The zero-order valence-corrected chi connectivity index (χ0v) is 34.7. The zero-order chi connectivity index (χ0) is 39.4. The van der Waals surface area contributed by atoms with Gasteiger partial charge in [-0.1, -0.05) is 202 Å². The Bertz CT molecular complexity index is 1440. The highest BCUT2D eigenvalue weighted by atomic mass is 16.4. The van der Waals surface area contributed by atoms with Gasteiger partial charge in [-0.3, -0.25) is 9.69 Å². The number of aliphatic carboxylic acids is 1. The summed E-state index contributed by atoms with van der Waals surface area (Å²) in [5, 5.41) is 9.41. The van der Waals surface area contributed by atoms with E-state index in [0.29, 0.717) is 18.4 Å². The number of nitrogens with zero attached hydrogens (tertiary/aromatic N) is 2. The molecule has 4 aromatic rings. The van der Waals surface area contributed by atoms with Crippen molar-refractivity contribution in [1.82, 2.24) is 9.80 Å². The molecular formula is C48H72N2O2. The normalized spacial score (nSPS) is 18.6. The van der Waals surface area contributed by atoms with Crippen LogP contribution in [0.15, 0.2) is 128 Å². The van der Waals surface area contributed by atoms with E-state index >= 15 is 0 Å². The minimum absolute atomic E-state index is 0.316. The fourth-order valence-corrected chi connectivity index (χ4v) is 6.12. The van der Waals surface area contributed by atoms with Crippen LogP contribution in [0.1, 0.15) is 111 Å². The average Bonchev–Trinajstić information content (AvgIpc) is 3.80. The Balaban J connectivity index is 0.000000703. The van der Waals surface area contributed by atoms with Crippen LogP contribution in [-0.4, -0.2) is 54.1 Å². The molecule has 2 fully saturated rings. The molecule has 2 aliphatic heterocycles. The summed E-state index contributed by atoms with van der Waals surface area (Å²) in [4.78, 5) is 16.1. The molecule has 52 heavy (non-hydrogen) atoms. The molecule has 0 saturated carbocycles. The number of carboxylic acid groups (broad SMARTS) is 1. The van der Waals surface area contributed by atoms with E-state index in [1.54, 1.807) is 0 Å². The molecule has 6 rings (SSSR count). The van der Waals surface area contributed by atoms with Crippen LogP contribution in [0.4, 0.5) is 0 Å². The largest absolute Gasteiger partial charge is 0.481 e. The molecule has 1 N–H and O–H groups in total. The van der Waals surface area contributed by atoms with Gasteiger partial charge in [0.2, 0.25) is 0 Å². The van der Waals surface area contributed by atoms with Crippen molar-refractivity contribution in [1.29, 1.82) is 0 Å². The van der Waals surface area contributed by atoms with Crippen LogP contribution < -0.4 is 0 Å². The van der Waals surface area contributed by atoms with Crippen molar-refractivity contribution in [2.75, 3.05) is 33.2 Å². The second-order valence-corrected chi connectivity index (χ2v) is 13.0. The van der Waals surface area contributed by atoms with Crippen molar-refractivity contribution in [3.8, 4) is 0 Å². The van der Waals surface area contributed by atoms with Crippen LogP contribution >= 0.6 is 0 Å². The summed E-state index contributed by atoms with van der Waals surface area (Å²) in [5.41, 5.74) is 5.77. The number of likely N-dealkylation sites (N-methyl/N-ethyl adjacent to an activating group) is 1. The molecule has 0 aromatic heterocycles. The van der Waals surface area contributed by atoms with Crippen LogP contribution in [0.5, 0.6) is 0 Å². The topological polar surface area (TPSA) is 43.8 Å². The van der Waals surface area contributed by atoms with E-state index in [2.05, 4.69) is 110 Å². The van der Waals surface area contributed by atoms with E-state index < -0.39 is 11.4 Å². The number of benzene rings is 4. The van der Waals surface area contributed by atoms with Gasteiger partial charge in [-0.05, 0) is 62.2 Å². The third-order valence-corrected chi connectivity index (χ3v) is 8.73. The Labute approximate surface area is 319 Å². The smallest absolute Gasteiger partial charge is 0.315 e. The fourth-order valence-electron chi connectivity index (χ4n) is 6.12. The van der Waals surface area contributed by atoms with E-state index in [4.69, 9.17) is 0 Å². The van der Waals surface area contributed by atoms with Gasteiger partial charge in [-0.2, -0.15) is 0 Å². The quantitative estimate of drug-likeness (QED) is 0.217. The SMILES string of the molecule is C=C(C)c1ccccc1.CC.CC.CC.CC1(c2ccccc2)CCN(Cc2ccccc2)C1.CCC.CN1CCC(C(=O)O)(c2ccccc2)C1. The van der Waals surface area contributed by atoms with Gasteiger partial charge in [0.15, 0.2) is 0 Å². The molecule has 4 heteroatoms. The molecular weight excluding hydrogens is 637 g/mol. The Morgan fingerprint density at radius 2 is 1.10 bits per heavy atom. The molecule has 2 unspecified atom stereocenters. The maximum Gasteiger partial charge on any atom is 0.315 e. The van der Waals surface area contributed by atoms with E-state index in [9.17, 15) is 9.90 Å². The first-order valence-electron chi connectivity index (χ1n) is 19.6. The van der Waals surface area contributed by atoms with Gasteiger partial charge in [0.1, 0.15) is 5.41 Å². The first-order chi connectivity index (χ1) is 25.1. The number of hydrogen-bond donors (Lipinski definition) is 1. The first kappa shape index (κ1) is 48.0. The van der Waals surface area contributed by atoms with Crippen LogP contribution in [0.2, 0.25) is 0 Å². The van der Waals surface area contributed by atoms with E-state index in [1.165, 1.54) is 36.1 Å². The van der Waals surface area contributed by atoms with Crippen molar-refractivity contribution in [2.45, 2.75) is 106 Å². The van der Waals surface area contributed by atoms with Crippen molar-refractivity contribution in [2.24, 2.45) is 0 Å². The molecule has 2 atom stereocenters. The first-order valence-corrected chi connectivity index (χ1v) is 19.6. The summed E-state index contributed by atoms with van der Waals surface area (Å²) in [5.74, 6) is -0.710. The average molecular weight is 709 g/mol. The lowest BCUT2D eigenvalue weighted by Gasteiger charge is -2.25. The molecule has 2 saturated heterocycles. The number of allylic oxidation sites excluding steroid dienone is 1. The highest BCUT2D eigenvalue weighted by Crippen LogP contribution is 2.35. The fraction of sp³-hybridized carbons (Fsp3) is 0.438. The molecule has 0 bridgehead atoms. The predicted octanol–water partition coefficient (Wildman–Crippen LogP) is 12.4. The molecule has 286 valence electrons. The van der Waals surface area contributed by atoms with Crippen LogP contribution in [0.3, 0.4) is 0 Å². The van der Waals surface area contributed by atoms with E-state index in [1.807, 2.05) is 104 Å². The van der Waals surface area contributed by atoms with Gasteiger partial charge in [0.05, 0.1) is 0 Å². The van der Waals surface area contributed by atoms with Crippen molar-refractivity contribution in [3.05, 3.63) is 150 Å². The van der Waals surface area contributed by atoms with Gasteiger partial charge < -0.3 is 10.0 Å². The minimum Gasteiger partial charge on any atom is -0.481 e. The monoisotopic (exact) mass is 709 g/mol. The summed E-state index contributed by atoms with van der Waals surface area (Å²) < 4.78 is 0. The molecule has 0 radical (unpaired) electrons. The number of rotatable bonds is 6. The van der Waals surface area contributed by atoms with Gasteiger partial charge in [-0.25, -0.2) is 0 Å². The third-order valence-electron chi connectivity index (χ3n) is 8.73. The highest BCUT2D eigenvalue weighted by molar-refractivity contribution is 5.82.